The molecule has 1 saturated carbocycles. The first-order chi connectivity index (χ1) is 14.4. The third-order valence-corrected chi connectivity index (χ3v) is 7.71. The third kappa shape index (κ3) is 5.54. The van der Waals surface area contributed by atoms with Gasteiger partial charge in [0.2, 0.25) is 0 Å². The first-order valence-corrected chi connectivity index (χ1v) is 12.0. The van der Waals surface area contributed by atoms with Crippen molar-refractivity contribution in [2.24, 2.45) is 5.41 Å². The van der Waals surface area contributed by atoms with Gasteiger partial charge in [0.1, 0.15) is 6.61 Å². The quantitative estimate of drug-likeness (QED) is 0.280. The van der Waals surface area contributed by atoms with Gasteiger partial charge < -0.3 is 19.7 Å². The van der Waals surface area contributed by atoms with Crippen LogP contribution in [0.2, 0.25) is 0 Å². The van der Waals surface area contributed by atoms with E-state index in [1.807, 2.05) is 13.0 Å². The second-order valence-corrected chi connectivity index (χ2v) is 9.68. The number of aromatic carboxylic acids is 1. The van der Waals surface area contributed by atoms with Gasteiger partial charge in [-0.2, -0.15) is 0 Å². The number of aliphatic hydroxyl groups excluding tert-OH is 1. The fourth-order valence-electron chi connectivity index (χ4n) is 3.72. The van der Waals surface area contributed by atoms with Gasteiger partial charge >= 0.3 is 12.1 Å². The summed E-state index contributed by atoms with van der Waals surface area (Å²) in [7, 11) is 0. The maximum Gasteiger partial charge on any atom is 0.410 e. The van der Waals surface area contributed by atoms with Crippen molar-refractivity contribution in [3.8, 4) is 0 Å². The molecule has 2 fully saturated rings. The average molecular weight is 457 g/mol. The van der Waals surface area contributed by atoms with Gasteiger partial charge in [-0.05, 0) is 26.2 Å². The molecule has 1 saturated heterocycles. The Morgan fingerprint density at radius 1 is 1.57 bits per heavy atom. The van der Waals surface area contributed by atoms with Gasteiger partial charge in [0.25, 0.3) is 0 Å². The molecule has 2 N–H and O–H groups in total. The molecular weight excluding hydrogens is 428 g/mol. The molecule has 0 bridgehead atoms. The number of hydrogen-bond donors (Lipinski definition) is 2. The van der Waals surface area contributed by atoms with Gasteiger partial charge in [0, 0.05) is 36.3 Å². The molecule has 1 aliphatic carbocycles. The predicted octanol–water partition coefficient (Wildman–Crippen LogP) is 3.27. The molecule has 1 aromatic rings. The fraction of sp³-hybridized carbons (Fsp3) is 0.650. The van der Waals surface area contributed by atoms with E-state index in [2.05, 4.69) is 4.98 Å². The van der Waals surface area contributed by atoms with E-state index in [4.69, 9.17) is 14.6 Å². The number of thiazole rings is 1. The highest BCUT2D eigenvalue weighted by molar-refractivity contribution is 8.01. The lowest BCUT2D eigenvalue weighted by atomic mass is 9.63. The van der Waals surface area contributed by atoms with Gasteiger partial charge in [0.05, 0.1) is 12.1 Å². The van der Waals surface area contributed by atoms with Crippen LogP contribution in [0.1, 0.15) is 43.1 Å². The van der Waals surface area contributed by atoms with E-state index >= 15 is 0 Å². The monoisotopic (exact) mass is 456 g/mol. The molecule has 2 aliphatic rings. The minimum Gasteiger partial charge on any atom is -0.476 e. The van der Waals surface area contributed by atoms with Crippen LogP contribution in [0.4, 0.5) is 4.79 Å². The van der Waals surface area contributed by atoms with Crippen molar-refractivity contribution >= 4 is 35.2 Å². The molecule has 8 nitrogen and oxygen atoms in total. The van der Waals surface area contributed by atoms with E-state index in [9.17, 15) is 14.7 Å². The predicted molar refractivity (Wildman–Crippen MR) is 114 cm³/mol. The number of ether oxygens (including phenoxy) is 2. The number of nitrogens with zero attached hydrogens (tertiary/aromatic N) is 2. The van der Waals surface area contributed by atoms with E-state index in [1.54, 1.807) is 11.0 Å². The van der Waals surface area contributed by atoms with Crippen LogP contribution in [0, 0.1) is 5.41 Å². The molecule has 0 aromatic carbocycles. The topological polar surface area (TPSA) is 109 Å². The molecule has 3 rings (SSSR count). The molecule has 1 amide bonds. The first kappa shape index (κ1) is 23.1. The number of carboxylic acid groups (broad SMARTS) is 1. The van der Waals surface area contributed by atoms with Crippen LogP contribution < -0.4 is 0 Å². The van der Waals surface area contributed by atoms with E-state index in [-0.39, 0.29) is 29.9 Å². The van der Waals surface area contributed by atoms with Crippen LogP contribution in [-0.2, 0) is 9.47 Å². The standard InChI is InChI=1S/C20H28N2O6S2/c1-2-27-10-8-20(6-3-7-20)16(23)5-4-14-12-28-19(26)22(14)9-11-29-18-21-15(13-30-18)17(24)25/h4-5,13-14,16,23H,2-3,6-12H2,1H3,(H,24,25)/b5-4+/t14-,16?/m0/s1. The Morgan fingerprint density at radius 2 is 2.37 bits per heavy atom. The lowest BCUT2D eigenvalue weighted by molar-refractivity contribution is -0.0327. The molecule has 1 unspecified atom stereocenters. The summed E-state index contributed by atoms with van der Waals surface area (Å²) in [6, 6.07) is -0.220. The number of hydrogen-bond acceptors (Lipinski definition) is 8. The van der Waals surface area contributed by atoms with Gasteiger partial charge in [-0.15, -0.1) is 11.3 Å². The number of amides is 1. The molecule has 30 heavy (non-hydrogen) atoms. The zero-order valence-electron chi connectivity index (χ0n) is 17.0. The van der Waals surface area contributed by atoms with Crippen LogP contribution in [0.15, 0.2) is 21.9 Å². The van der Waals surface area contributed by atoms with Gasteiger partial charge in [-0.1, -0.05) is 30.3 Å². The molecule has 1 aromatic heterocycles. The molecule has 166 valence electrons. The zero-order valence-corrected chi connectivity index (χ0v) is 18.6. The maximum atomic E-state index is 12.1. The van der Waals surface area contributed by atoms with E-state index in [1.165, 1.54) is 28.5 Å². The summed E-state index contributed by atoms with van der Waals surface area (Å²) < 4.78 is 11.3. The third-order valence-electron chi connectivity index (χ3n) is 5.71. The van der Waals surface area contributed by atoms with E-state index in [0.29, 0.717) is 29.9 Å². The first-order valence-electron chi connectivity index (χ1n) is 10.1. The Kier molecular flexibility index (Phi) is 8.15. The molecule has 1 aliphatic heterocycles. The Bertz CT molecular complexity index is 764. The summed E-state index contributed by atoms with van der Waals surface area (Å²) in [5.74, 6) is -0.470. The summed E-state index contributed by atoms with van der Waals surface area (Å²) in [5, 5.41) is 21.2. The molecule has 2 heterocycles. The van der Waals surface area contributed by atoms with Crippen molar-refractivity contribution in [3.05, 3.63) is 23.2 Å². The normalized spacial score (nSPS) is 21.6. The average Bonchev–Trinajstić information content (AvgIpc) is 3.30. The van der Waals surface area contributed by atoms with Crippen molar-refractivity contribution in [1.29, 1.82) is 0 Å². The minimum absolute atomic E-state index is 0.0344. The smallest absolute Gasteiger partial charge is 0.410 e. The number of thioether (sulfide) groups is 1. The Hall–Kier alpha value is -1.62. The molecule has 0 spiro atoms. The van der Waals surface area contributed by atoms with Crippen molar-refractivity contribution in [1.82, 2.24) is 9.88 Å². The van der Waals surface area contributed by atoms with Crippen LogP contribution in [0.3, 0.4) is 0 Å². The zero-order chi connectivity index (χ0) is 21.6. The second kappa shape index (κ2) is 10.6. The highest BCUT2D eigenvalue weighted by Gasteiger charge is 2.42. The summed E-state index contributed by atoms with van der Waals surface area (Å²) in [4.78, 5) is 28.7. The van der Waals surface area contributed by atoms with Crippen LogP contribution in [0.5, 0.6) is 0 Å². The van der Waals surface area contributed by atoms with Gasteiger partial charge in [-0.25, -0.2) is 14.6 Å². The number of aromatic nitrogens is 1. The number of aliphatic hydroxyl groups is 1. The highest BCUT2D eigenvalue weighted by Crippen LogP contribution is 2.47. The van der Waals surface area contributed by atoms with Crippen molar-refractivity contribution in [3.63, 3.8) is 0 Å². The van der Waals surface area contributed by atoms with Crippen molar-refractivity contribution in [2.45, 2.75) is 49.1 Å². The number of rotatable bonds is 12. The van der Waals surface area contributed by atoms with Crippen molar-refractivity contribution < 1.29 is 29.3 Å². The molecule has 2 atom stereocenters. The number of carbonyl (C=O) groups is 2. The maximum absolute atomic E-state index is 12.1. The largest absolute Gasteiger partial charge is 0.476 e. The van der Waals surface area contributed by atoms with Crippen molar-refractivity contribution in [2.75, 3.05) is 32.1 Å². The summed E-state index contributed by atoms with van der Waals surface area (Å²) in [6.07, 6.45) is 6.65. The molecule has 10 heteroatoms. The van der Waals surface area contributed by atoms with Gasteiger partial charge in [0.15, 0.2) is 10.0 Å². The fourth-order valence-corrected chi connectivity index (χ4v) is 5.53. The second-order valence-electron chi connectivity index (χ2n) is 7.48. The Morgan fingerprint density at radius 3 is 3.00 bits per heavy atom. The molecule has 0 radical (unpaired) electrons. The SMILES string of the molecule is CCOCCC1(C(O)/C=C/[C@H]2COC(=O)N2CCSc2nc(C(=O)O)cs2)CCC1. The number of carbonyl (C=O) groups excluding carboxylic acids is 1. The van der Waals surface area contributed by atoms with Crippen LogP contribution in [0.25, 0.3) is 0 Å². The van der Waals surface area contributed by atoms with E-state index < -0.39 is 12.1 Å². The van der Waals surface area contributed by atoms with Crippen LogP contribution >= 0.6 is 23.1 Å². The molecular formula is C20H28N2O6S2. The Labute approximate surface area is 184 Å². The van der Waals surface area contributed by atoms with Gasteiger partial charge in [-0.3, -0.25) is 4.90 Å². The lowest BCUT2D eigenvalue weighted by Gasteiger charge is -2.44. The van der Waals surface area contributed by atoms with Crippen LogP contribution in [-0.4, -0.2) is 76.4 Å². The summed E-state index contributed by atoms with van der Waals surface area (Å²) >= 11 is 2.68. The van der Waals surface area contributed by atoms with E-state index in [0.717, 1.165) is 25.7 Å². The summed E-state index contributed by atoms with van der Waals surface area (Å²) in [6.45, 7) is 4.00. The summed E-state index contributed by atoms with van der Waals surface area (Å²) in [5.41, 5.74) is -0.0881. The number of carboxylic acids is 1. The number of cyclic esters (lactones) is 1. The highest BCUT2D eigenvalue weighted by atomic mass is 32.2. The Balaban J connectivity index is 1.51. The lowest BCUT2D eigenvalue weighted by Crippen LogP contribution is -2.42. The minimum atomic E-state index is -1.05.